The van der Waals surface area contributed by atoms with Gasteiger partial charge in [-0.1, -0.05) is 23.8 Å². The molecule has 21 heavy (non-hydrogen) atoms. The average molecular weight is 288 g/mol. The minimum absolute atomic E-state index is 0.676. The molecule has 1 aromatic heterocycles. The van der Waals surface area contributed by atoms with Gasteiger partial charge < -0.3 is 14.7 Å². The van der Waals surface area contributed by atoms with Crippen LogP contribution in [0.15, 0.2) is 23.8 Å². The Labute approximate surface area is 126 Å². The number of rotatable bonds is 6. The molecule has 1 aliphatic carbocycles. The molecule has 0 N–H and O–H groups in total. The van der Waals surface area contributed by atoms with Crippen molar-refractivity contribution in [1.29, 1.82) is 0 Å². The lowest BCUT2D eigenvalue weighted by Gasteiger charge is -2.21. The van der Waals surface area contributed by atoms with Crippen molar-refractivity contribution in [3.8, 4) is 0 Å². The van der Waals surface area contributed by atoms with E-state index in [0.29, 0.717) is 17.8 Å². The van der Waals surface area contributed by atoms with Gasteiger partial charge in [-0.2, -0.15) is 15.0 Å². The van der Waals surface area contributed by atoms with Crippen LogP contribution in [0.4, 0.5) is 17.8 Å². The largest absolute Gasteiger partial charge is 0.347 e. The second-order valence-electron chi connectivity index (χ2n) is 5.61. The van der Waals surface area contributed by atoms with Gasteiger partial charge in [-0.25, -0.2) is 0 Å². The number of anilines is 3. The van der Waals surface area contributed by atoms with Crippen molar-refractivity contribution in [1.82, 2.24) is 15.0 Å². The lowest BCUT2D eigenvalue weighted by atomic mass is 10.2. The van der Waals surface area contributed by atoms with Crippen molar-refractivity contribution in [3.05, 3.63) is 23.8 Å². The molecular formula is C15H24N6. The molecule has 0 atom stereocenters. The van der Waals surface area contributed by atoms with Gasteiger partial charge in [-0.15, -0.1) is 0 Å². The second-order valence-corrected chi connectivity index (χ2v) is 5.61. The van der Waals surface area contributed by atoms with Crippen molar-refractivity contribution >= 4 is 17.8 Å². The van der Waals surface area contributed by atoms with Crippen LogP contribution in [0.5, 0.6) is 0 Å². The van der Waals surface area contributed by atoms with Gasteiger partial charge in [0.25, 0.3) is 0 Å². The van der Waals surface area contributed by atoms with E-state index in [0.717, 1.165) is 19.4 Å². The predicted octanol–water partition coefficient (Wildman–Crippen LogP) is 1.72. The van der Waals surface area contributed by atoms with Gasteiger partial charge in [0, 0.05) is 41.8 Å². The van der Waals surface area contributed by atoms with Gasteiger partial charge in [0.2, 0.25) is 17.8 Å². The maximum Gasteiger partial charge on any atom is 0.231 e. The maximum atomic E-state index is 4.53. The molecule has 2 rings (SSSR count). The number of nitrogens with zero attached hydrogens (tertiary/aromatic N) is 6. The summed E-state index contributed by atoms with van der Waals surface area (Å²) in [5.41, 5.74) is 1.39. The van der Waals surface area contributed by atoms with E-state index in [-0.39, 0.29) is 0 Å². The Bertz CT molecular complexity index is 521. The van der Waals surface area contributed by atoms with Gasteiger partial charge in [0.1, 0.15) is 0 Å². The van der Waals surface area contributed by atoms with Crippen LogP contribution in [0.1, 0.15) is 12.8 Å². The molecule has 0 saturated heterocycles. The van der Waals surface area contributed by atoms with Crippen LogP contribution in [0.3, 0.4) is 0 Å². The van der Waals surface area contributed by atoms with Crippen LogP contribution in [0.25, 0.3) is 0 Å². The number of hydrogen-bond acceptors (Lipinski definition) is 6. The van der Waals surface area contributed by atoms with E-state index in [1.807, 2.05) is 45.0 Å². The van der Waals surface area contributed by atoms with E-state index in [4.69, 9.17) is 0 Å². The molecule has 0 spiro atoms. The number of allylic oxidation sites excluding steroid dienone is 3. The molecule has 6 heteroatoms. The smallest absolute Gasteiger partial charge is 0.231 e. The lowest BCUT2D eigenvalue weighted by Crippen LogP contribution is -2.25. The summed E-state index contributed by atoms with van der Waals surface area (Å²) in [6.45, 7) is 0.889. The zero-order valence-corrected chi connectivity index (χ0v) is 13.5. The third-order valence-corrected chi connectivity index (χ3v) is 3.33. The van der Waals surface area contributed by atoms with Crippen molar-refractivity contribution in [2.75, 3.05) is 56.5 Å². The fraction of sp³-hybridized carbons (Fsp3) is 0.533. The van der Waals surface area contributed by atoms with E-state index in [2.05, 4.69) is 38.1 Å². The van der Waals surface area contributed by atoms with Crippen LogP contribution >= 0.6 is 0 Å². The molecule has 0 bridgehead atoms. The summed E-state index contributed by atoms with van der Waals surface area (Å²) in [5, 5.41) is 0. The minimum Gasteiger partial charge on any atom is -0.347 e. The molecule has 0 saturated carbocycles. The first-order valence-corrected chi connectivity index (χ1v) is 7.15. The van der Waals surface area contributed by atoms with Gasteiger partial charge in [-0.05, 0) is 12.8 Å². The highest BCUT2D eigenvalue weighted by Crippen LogP contribution is 2.18. The van der Waals surface area contributed by atoms with E-state index < -0.39 is 0 Å². The Kier molecular flexibility index (Phi) is 4.77. The molecule has 1 heterocycles. The number of aromatic nitrogens is 3. The van der Waals surface area contributed by atoms with Crippen molar-refractivity contribution in [2.45, 2.75) is 12.8 Å². The Hall–Kier alpha value is -2.11. The van der Waals surface area contributed by atoms with Crippen LogP contribution in [-0.2, 0) is 0 Å². The van der Waals surface area contributed by atoms with Crippen molar-refractivity contribution in [2.24, 2.45) is 0 Å². The van der Waals surface area contributed by atoms with Crippen LogP contribution in [-0.4, -0.2) is 56.7 Å². The Morgan fingerprint density at radius 1 is 0.905 bits per heavy atom. The third-order valence-electron chi connectivity index (χ3n) is 3.33. The topological polar surface area (TPSA) is 48.4 Å². The zero-order valence-electron chi connectivity index (χ0n) is 13.5. The molecular weight excluding hydrogens is 264 g/mol. The molecule has 0 aliphatic heterocycles. The maximum absolute atomic E-state index is 4.53. The SMILES string of the molecule is CN(C)c1nc(N(C)C)nc(N(C)CCC2=CCC=C2)n1. The molecule has 0 unspecified atom stereocenters. The minimum atomic E-state index is 0.676. The lowest BCUT2D eigenvalue weighted by molar-refractivity contribution is 0.816. The van der Waals surface area contributed by atoms with Crippen molar-refractivity contribution < 1.29 is 0 Å². The average Bonchev–Trinajstić information content (AvgIpc) is 2.97. The quantitative estimate of drug-likeness (QED) is 0.794. The fourth-order valence-electron chi connectivity index (χ4n) is 2.00. The second kappa shape index (κ2) is 6.56. The van der Waals surface area contributed by atoms with Crippen molar-refractivity contribution in [3.63, 3.8) is 0 Å². The third kappa shape index (κ3) is 3.93. The molecule has 1 aliphatic rings. The zero-order chi connectivity index (χ0) is 15.4. The standard InChI is InChI=1S/C15H24N6/c1-19(2)13-16-14(20(3)4)18-15(17-13)21(5)11-10-12-8-6-7-9-12/h6,8-9H,7,10-11H2,1-5H3. The molecule has 6 nitrogen and oxygen atoms in total. The Morgan fingerprint density at radius 3 is 1.95 bits per heavy atom. The first kappa shape index (κ1) is 15.3. The normalized spacial score (nSPS) is 13.3. The van der Waals surface area contributed by atoms with E-state index in [1.54, 1.807) is 0 Å². The predicted molar refractivity (Wildman–Crippen MR) is 88.2 cm³/mol. The van der Waals surface area contributed by atoms with Gasteiger partial charge in [0.15, 0.2) is 0 Å². The van der Waals surface area contributed by atoms with Gasteiger partial charge in [-0.3, -0.25) is 0 Å². The first-order valence-electron chi connectivity index (χ1n) is 7.15. The Morgan fingerprint density at radius 2 is 1.48 bits per heavy atom. The fourth-order valence-corrected chi connectivity index (χ4v) is 2.00. The molecule has 0 fully saturated rings. The summed E-state index contributed by atoms with van der Waals surface area (Å²) in [7, 11) is 9.77. The summed E-state index contributed by atoms with van der Waals surface area (Å²) >= 11 is 0. The van der Waals surface area contributed by atoms with E-state index in [9.17, 15) is 0 Å². The first-order chi connectivity index (χ1) is 9.97. The summed E-state index contributed by atoms with van der Waals surface area (Å²) < 4.78 is 0. The summed E-state index contributed by atoms with van der Waals surface area (Å²) in [5.74, 6) is 2.06. The number of hydrogen-bond donors (Lipinski definition) is 0. The van der Waals surface area contributed by atoms with E-state index in [1.165, 1.54) is 5.57 Å². The summed E-state index contributed by atoms with van der Waals surface area (Å²) in [6, 6.07) is 0. The van der Waals surface area contributed by atoms with Crippen LogP contribution in [0, 0.1) is 0 Å². The monoisotopic (exact) mass is 288 g/mol. The van der Waals surface area contributed by atoms with E-state index >= 15 is 0 Å². The van der Waals surface area contributed by atoms with Crippen LogP contribution in [0.2, 0.25) is 0 Å². The summed E-state index contributed by atoms with van der Waals surface area (Å²) in [4.78, 5) is 19.4. The Balaban J connectivity index is 2.14. The van der Waals surface area contributed by atoms with Gasteiger partial charge in [0.05, 0.1) is 0 Å². The highest BCUT2D eigenvalue weighted by Gasteiger charge is 2.13. The molecule has 114 valence electrons. The highest BCUT2D eigenvalue weighted by molar-refractivity contribution is 5.45. The molecule has 0 aromatic carbocycles. The van der Waals surface area contributed by atoms with Gasteiger partial charge >= 0.3 is 0 Å². The highest BCUT2D eigenvalue weighted by atomic mass is 15.4. The molecule has 0 radical (unpaired) electrons. The van der Waals surface area contributed by atoms with Crippen LogP contribution < -0.4 is 14.7 Å². The molecule has 1 aromatic rings. The molecule has 0 amide bonds. The summed E-state index contributed by atoms with van der Waals surface area (Å²) in [6.07, 6.45) is 8.70.